The Morgan fingerprint density at radius 1 is 0.871 bits per heavy atom. The SMILES string of the molecule is CCc1cn[c-]s1.CCc1cnc(-c2cnc(N)nn2)s1.Nc1ncc(Br)nn1.[Zn+][Br]. The molecule has 160 valence electrons. The molecule has 4 N–H and O–H groups in total. The van der Waals surface area contributed by atoms with Crippen molar-refractivity contribution in [1.82, 2.24) is 40.3 Å². The maximum atomic E-state index is 5.33. The van der Waals surface area contributed by atoms with Crippen LogP contribution in [0.25, 0.3) is 10.7 Å². The molecule has 0 radical (unpaired) electrons. The van der Waals surface area contributed by atoms with Crippen LogP contribution in [0.15, 0.2) is 29.4 Å². The van der Waals surface area contributed by atoms with Gasteiger partial charge in [0.2, 0.25) is 11.9 Å². The first-order valence-corrected chi connectivity index (χ1v) is 18.0. The maximum absolute atomic E-state index is 5.33. The summed E-state index contributed by atoms with van der Waals surface area (Å²) in [6.45, 7) is 4.20. The first kappa shape index (κ1) is 27.5. The van der Waals surface area contributed by atoms with Crippen LogP contribution < -0.4 is 11.5 Å². The predicted octanol–water partition coefficient (Wildman–Crippen LogP) is 3.70. The van der Waals surface area contributed by atoms with Gasteiger partial charge >= 0.3 is 30.0 Å². The van der Waals surface area contributed by atoms with Crippen LogP contribution in [0.4, 0.5) is 11.9 Å². The van der Waals surface area contributed by atoms with Gasteiger partial charge in [-0.15, -0.1) is 42.8 Å². The minimum absolute atomic E-state index is 0.182. The first-order chi connectivity index (χ1) is 15.0. The van der Waals surface area contributed by atoms with Crippen molar-refractivity contribution in [2.75, 3.05) is 11.5 Å². The first-order valence-electron chi connectivity index (χ1n) is 8.60. The number of anilines is 2. The van der Waals surface area contributed by atoms with Gasteiger partial charge in [0, 0.05) is 11.1 Å². The van der Waals surface area contributed by atoms with Crippen molar-refractivity contribution in [3.63, 3.8) is 0 Å². The Morgan fingerprint density at radius 2 is 1.52 bits per heavy atom. The summed E-state index contributed by atoms with van der Waals surface area (Å²) in [4.78, 5) is 18.0. The summed E-state index contributed by atoms with van der Waals surface area (Å²) < 4.78 is 0.590. The van der Waals surface area contributed by atoms with Crippen LogP contribution in [-0.4, -0.2) is 40.3 Å². The van der Waals surface area contributed by atoms with E-state index in [9.17, 15) is 0 Å². The number of hydrogen-bond acceptors (Lipinski definition) is 12. The molecule has 10 nitrogen and oxygen atoms in total. The van der Waals surface area contributed by atoms with Gasteiger partial charge < -0.3 is 16.5 Å². The van der Waals surface area contributed by atoms with E-state index in [2.05, 4.69) is 89.2 Å². The topological polar surface area (TPSA) is 155 Å². The van der Waals surface area contributed by atoms with Crippen LogP contribution in [0.5, 0.6) is 0 Å². The fourth-order valence-corrected chi connectivity index (χ4v) is 3.07. The summed E-state index contributed by atoms with van der Waals surface area (Å²) in [7, 11) is 0. The van der Waals surface area contributed by atoms with E-state index in [-0.39, 0.29) is 11.9 Å². The summed E-state index contributed by atoms with van der Waals surface area (Å²) in [6.07, 6.45) is 8.83. The Balaban J connectivity index is 0.000000241. The molecule has 4 heterocycles. The van der Waals surface area contributed by atoms with Gasteiger partial charge in [-0.25, -0.2) is 15.0 Å². The summed E-state index contributed by atoms with van der Waals surface area (Å²) in [5.74, 6) is 0.370. The molecule has 4 rings (SSSR count). The molecule has 4 aromatic rings. The molecule has 0 aliphatic rings. The fourth-order valence-electron chi connectivity index (χ4n) is 1.61. The molecule has 0 atom stereocenters. The number of thiazole rings is 2. The molecule has 0 aliphatic heterocycles. The summed E-state index contributed by atoms with van der Waals surface area (Å²) in [5, 5.41) is 15.4. The third-order valence-corrected chi connectivity index (χ3v) is 5.42. The average Bonchev–Trinajstić information content (AvgIpc) is 3.51. The van der Waals surface area contributed by atoms with E-state index in [4.69, 9.17) is 11.5 Å². The van der Waals surface area contributed by atoms with Crippen molar-refractivity contribution >= 4 is 64.1 Å². The van der Waals surface area contributed by atoms with Crippen LogP contribution >= 0.6 is 52.2 Å². The van der Waals surface area contributed by atoms with Crippen LogP contribution in [-0.2, 0) is 29.2 Å². The molecule has 0 aromatic carbocycles. The van der Waals surface area contributed by atoms with Gasteiger partial charge in [0.05, 0.1) is 12.4 Å². The Hall–Kier alpha value is -1.54. The van der Waals surface area contributed by atoms with Crippen molar-refractivity contribution in [2.24, 2.45) is 0 Å². The summed E-state index contributed by atoms with van der Waals surface area (Å²) in [6, 6.07) is 0. The van der Waals surface area contributed by atoms with Crippen LogP contribution in [0, 0.1) is 5.51 Å². The van der Waals surface area contributed by atoms with E-state index in [1.807, 2.05) is 12.4 Å². The van der Waals surface area contributed by atoms with Gasteiger partial charge in [-0.1, -0.05) is 20.3 Å². The van der Waals surface area contributed by atoms with Crippen molar-refractivity contribution < 1.29 is 16.3 Å². The van der Waals surface area contributed by atoms with Crippen LogP contribution in [0.3, 0.4) is 0 Å². The van der Waals surface area contributed by atoms with E-state index in [0.717, 1.165) is 17.8 Å². The molecule has 0 amide bonds. The molecule has 0 spiro atoms. The van der Waals surface area contributed by atoms with E-state index >= 15 is 0 Å². The fraction of sp³-hybridized carbons (Fsp3) is 0.250. The Bertz CT molecular complexity index is 948. The van der Waals surface area contributed by atoms with Gasteiger partial charge in [-0.2, -0.15) is 0 Å². The number of hydrogen-bond donors (Lipinski definition) is 2. The molecule has 0 saturated carbocycles. The number of aryl methyl sites for hydroxylation is 2. The quantitative estimate of drug-likeness (QED) is 0.250. The molecule has 0 aliphatic carbocycles. The number of aromatic nitrogens is 8. The average molecular weight is 640 g/mol. The third kappa shape index (κ3) is 11.1. The van der Waals surface area contributed by atoms with Gasteiger partial charge in [0.15, 0.2) is 0 Å². The number of rotatable bonds is 3. The molecule has 4 aromatic heterocycles. The predicted molar refractivity (Wildman–Crippen MR) is 126 cm³/mol. The van der Waals surface area contributed by atoms with Gasteiger partial charge in [0.25, 0.3) is 0 Å². The standard InChI is InChI=1S/C8H9N5S.C5H6NS.C3H3BrN4.BrH.Zn/c1-2-5-3-10-7(14-5)6-4-11-8(9)13-12-6;1-2-5-3-6-4-7-5;4-2-1-6-3(5)8-7-2;;/h3-4H,2H2,1H3,(H2,9,11,13);3H,2H2,1H3;1H,(H2,5,6,8);1H;/q;-1;;;+2/p-1. The Kier molecular flexibility index (Phi) is 14.3. The Labute approximate surface area is 212 Å². The molecule has 0 saturated heterocycles. The molecular formula is C16H18Br2N10S2Zn. The van der Waals surface area contributed by atoms with Crippen LogP contribution in [0.2, 0.25) is 0 Å². The number of nitrogens with two attached hydrogens (primary N) is 2. The van der Waals surface area contributed by atoms with E-state index < -0.39 is 0 Å². The van der Waals surface area contributed by atoms with Crippen molar-refractivity contribution in [2.45, 2.75) is 26.7 Å². The van der Waals surface area contributed by atoms with Crippen molar-refractivity contribution in [1.29, 1.82) is 0 Å². The van der Waals surface area contributed by atoms with Gasteiger partial charge in [-0.3, -0.25) is 11.3 Å². The van der Waals surface area contributed by atoms with Crippen molar-refractivity contribution in [3.05, 3.63) is 44.7 Å². The zero-order chi connectivity index (χ0) is 23.1. The van der Waals surface area contributed by atoms with E-state index in [1.165, 1.54) is 32.3 Å². The van der Waals surface area contributed by atoms with Gasteiger partial charge in [0.1, 0.15) is 15.3 Å². The molecular weight excluding hydrogens is 622 g/mol. The number of nitrogen functional groups attached to an aromatic ring is 2. The third-order valence-electron chi connectivity index (χ3n) is 3.04. The monoisotopic (exact) mass is 636 g/mol. The van der Waals surface area contributed by atoms with Crippen LogP contribution in [0.1, 0.15) is 23.6 Å². The zero-order valence-electron chi connectivity index (χ0n) is 16.7. The summed E-state index contributed by atoms with van der Waals surface area (Å²) >= 11 is 10.5. The second kappa shape index (κ2) is 16.1. The molecule has 31 heavy (non-hydrogen) atoms. The normalized spacial score (nSPS) is 9.35. The second-order valence-corrected chi connectivity index (χ2v) is 7.94. The van der Waals surface area contributed by atoms with Gasteiger partial charge in [-0.05, 0) is 27.9 Å². The van der Waals surface area contributed by atoms with E-state index in [1.54, 1.807) is 28.9 Å². The van der Waals surface area contributed by atoms with Crippen molar-refractivity contribution in [3.8, 4) is 10.7 Å². The summed E-state index contributed by atoms with van der Waals surface area (Å²) in [5.41, 5.74) is 13.9. The number of halogens is 2. The van der Waals surface area contributed by atoms with E-state index in [0.29, 0.717) is 10.3 Å². The molecule has 0 fully saturated rings. The second-order valence-electron chi connectivity index (χ2n) is 5.10. The Morgan fingerprint density at radius 3 is 1.90 bits per heavy atom. The molecule has 0 unspecified atom stereocenters. The molecule has 0 bridgehead atoms. The number of nitrogens with zero attached hydrogens (tertiary/aromatic N) is 8. The molecule has 15 heteroatoms. The zero-order valence-corrected chi connectivity index (χ0v) is 24.5. The minimum atomic E-state index is 0.182.